The van der Waals surface area contributed by atoms with Gasteiger partial charge in [0, 0.05) is 11.8 Å². The lowest BCUT2D eigenvalue weighted by molar-refractivity contribution is 0.0676. The maximum absolute atomic E-state index is 12.4. The summed E-state index contributed by atoms with van der Waals surface area (Å²) in [7, 11) is 0. The van der Waals surface area contributed by atoms with E-state index in [0.29, 0.717) is 0 Å². The van der Waals surface area contributed by atoms with Gasteiger partial charge in [0.15, 0.2) is 5.43 Å². The van der Waals surface area contributed by atoms with Crippen LogP contribution in [0.5, 0.6) is 0 Å². The minimum atomic E-state index is -3.15. The molecule has 0 aliphatic heterocycles. The molecule has 0 bridgehead atoms. The van der Waals surface area contributed by atoms with E-state index >= 15 is 0 Å². The largest absolute Gasteiger partial charge is 0.477 e. The Labute approximate surface area is 87.5 Å². The molecule has 4 nitrogen and oxygen atoms in total. The summed E-state index contributed by atoms with van der Waals surface area (Å²) in [6.07, 6.45) is -2.13. The van der Waals surface area contributed by atoms with Crippen LogP contribution in [-0.4, -0.2) is 16.1 Å². The van der Waals surface area contributed by atoms with Crippen LogP contribution in [0.1, 0.15) is 28.0 Å². The number of aromatic carboxylic acids is 1. The molecule has 0 aliphatic carbocycles. The van der Waals surface area contributed by atoms with Gasteiger partial charge in [-0.15, -0.1) is 11.6 Å². The van der Waals surface area contributed by atoms with Crippen molar-refractivity contribution in [2.45, 2.75) is 12.3 Å². The Balaban J connectivity index is 3.52. The van der Waals surface area contributed by atoms with Crippen molar-refractivity contribution in [1.82, 2.24) is 4.98 Å². The molecule has 0 atom stereocenters. The fourth-order valence-electron chi connectivity index (χ4n) is 1.07. The summed E-state index contributed by atoms with van der Waals surface area (Å²) < 4.78 is 24.9. The van der Waals surface area contributed by atoms with Crippen LogP contribution in [0, 0.1) is 0 Å². The zero-order chi connectivity index (χ0) is 11.6. The number of hydrogen-bond donors (Lipinski definition) is 2. The second kappa shape index (κ2) is 4.39. The third-order valence-corrected chi connectivity index (χ3v) is 2.06. The van der Waals surface area contributed by atoms with Gasteiger partial charge in [0.2, 0.25) is 0 Å². The number of carbonyl (C=O) groups is 1. The molecule has 15 heavy (non-hydrogen) atoms. The highest BCUT2D eigenvalue weighted by atomic mass is 35.5. The van der Waals surface area contributed by atoms with Crippen LogP contribution in [0.2, 0.25) is 0 Å². The van der Waals surface area contributed by atoms with Gasteiger partial charge in [-0.1, -0.05) is 0 Å². The van der Waals surface area contributed by atoms with Crippen molar-refractivity contribution in [1.29, 1.82) is 0 Å². The highest BCUT2D eigenvalue weighted by molar-refractivity contribution is 6.17. The molecule has 7 heteroatoms. The quantitative estimate of drug-likeness (QED) is 0.787. The van der Waals surface area contributed by atoms with Crippen LogP contribution in [0.3, 0.4) is 0 Å². The summed E-state index contributed by atoms with van der Waals surface area (Å²) in [6.45, 7) is 0. The van der Waals surface area contributed by atoms with E-state index in [1.54, 1.807) is 0 Å². The topological polar surface area (TPSA) is 70.2 Å². The van der Waals surface area contributed by atoms with Gasteiger partial charge in [0.1, 0.15) is 5.69 Å². The second-order valence-corrected chi connectivity index (χ2v) is 2.94. The van der Waals surface area contributed by atoms with Gasteiger partial charge in [-0.25, -0.2) is 13.6 Å². The van der Waals surface area contributed by atoms with Crippen molar-refractivity contribution in [3.8, 4) is 0 Å². The number of H-pyrrole nitrogens is 1. The van der Waals surface area contributed by atoms with Crippen LogP contribution in [-0.2, 0) is 5.88 Å². The molecule has 0 spiro atoms. The van der Waals surface area contributed by atoms with E-state index < -0.39 is 29.1 Å². The predicted octanol–water partition coefficient (Wildman–Crippen LogP) is 1.75. The number of aromatic nitrogens is 1. The van der Waals surface area contributed by atoms with E-state index in [-0.39, 0.29) is 11.4 Å². The first-order valence-corrected chi connectivity index (χ1v) is 4.34. The highest BCUT2D eigenvalue weighted by Crippen LogP contribution is 2.18. The number of rotatable bonds is 3. The standard InChI is InChI=1S/C8H6ClF2NO3/c9-1-3-2-12-5(8(14)15)4(6(3)13)7(10)11/h2,7H,1H2,(H,12,13)(H,14,15). The van der Waals surface area contributed by atoms with Crippen molar-refractivity contribution in [2.24, 2.45) is 0 Å². The fourth-order valence-corrected chi connectivity index (χ4v) is 1.27. The van der Waals surface area contributed by atoms with E-state index in [0.717, 1.165) is 6.20 Å². The molecule has 0 unspecified atom stereocenters. The number of hydrogen-bond acceptors (Lipinski definition) is 2. The number of carboxylic acid groups (broad SMARTS) is 1. The number of alkyl halides is 3. The van der Waals surface area contributed by atoms with Crippen LogP contribution in [0.15, 0.2) is 11.0 Å². The number of aromatic amines is 1. The van der Waals surface area contributed by atoms with Crippen molar-refractivity contribution in [3.05, 3.63) is 33.2 Å². The zero-order valence-electron chi connectivity index (χ0n) is 7.26. The molecule has 1 aromatic rings. The fraction of sp³-hybridized carbons (Fsp3) is 0.250. The Bertz CT molecular complexity index is 444. The van der Waals surface area contributed by atoms with Gasteiger partial charge in [0.05, 0.1) is 11.4 Å². The summed E-state index contributed by atoms with van der Waals surface area (Å²) in [5, 5.41) is 8.57. The molecular formula is C8H6ClF2NO3. The first-order chi connectivity index (χ1) is 6.99. The SMILES string of the molecule is O=C(O)c1[nH]cc(CCl)c(=O)c1C(F)F. The lowest BCUT2D eigenvalue weighted by Gasteiger charge is -2.05. The minimum absolute atomic E-state index is 0.0861. The van der Waals surface area contributed by atoms with Gasteiger partial charge >= 0.3 is 5.97 Å². The smallest absolute Gasteiger partial charge is 0.352 e. The average molecular weight is 238 g/mol. The number of carboxylic acids is 1. The Morgan fingerprint density at radius 2 is 2.20 bits per heavy atom. The average Bonchev–Trinajstić information content (AvgIpc) is 2.16. The first-order valence-electron chi connectivity index (χ1n) is 3.81. The van der Waals surface area contributed by atoms with E-state index in [2.05, 4.69) is 4.98 Å². The monoisotopic (exact) mass is 237 g/mol. The van der Waals surface area contributed by atoms with Gasteiger partial charge in [0.25, 0.3) is 6.43 Å². The first kappa shape index (κ1) is 11.6. The molecule has 1 rings (SSSR count). The molecule has 2 N–H and O–H groups in total. The second-order valence-electron chi connectivity index (χ2n) is 2.67. The minimum Gasteiger partial charge on any atom is -0.477 e. The Hall–Kier alpha value is -1.43. The van der Waals surface area contributed by atoms with Crippen LogP contribution in [0.4, 0.5) is 8.78 Å². The predicted molar refractivity (Wildman–Crippen MR) is 48.5 cm³/mol. The lowest BCUT2D eigenvalue weighted by Crippen LogP contribution is -2.20. The number of halogens is 3. The lowest BCUT2D eigenvalue weighted by atomic mass is 10.1. The molecule has 0 saturated heterocycles. The van der Waals surface area contributed by atoms with Crippen molar-refractivity contribution in [3.63, 3.8) is 0 Å². The van der Waals surface area contributed by atoms with Crippen LogP contribution >= 0.6 is 11.6 Å². The maximum Gasteiger partial charge on any atom is 0.352 e. The van der Waals surface area contributed by atoms with E-state index in [9.17, 15) is 18.4 Å². The van der Waals surface area contributed by atoms with E-state index in [1.165, 1.54) is 0 Å². The van der Waals surface area contributed by atoms with Crippen molar-refractivity contribution >= 4 is 17.6 Å². The summed E-state index contributed by atoms with van der Waals surface area (Å²) in [5.41, 5.74) is -2.97. The van der Waals surface area contributed by atoms with E-state index in [1.807, 2.05) is 0 Å². The molecule has 1 heterocycles. The van der Waals surface area contributed by atoms with Crippen molar-refractivity contribution in [2.75, 3.05) is 0 Å². The number of nitrogens with one attached hydrogen (secondary N) is 1. The maximum atomic E-state index is 12.4. The summed E-state index contributed by atoms with van der Waals surface area (Å²) in [5.74, 6) is -1.86. The summed E-state index contributed by atoms with van der Waals surface area (Å²) in [4.78, 5) is 24.0. The molecule has 82 valence electrons. The molecular weight excluding hydrogens is 232 g/mol. The van der Waals surface area contributed by atoms with Gasteiger partial charge in [-0.05, 0) is 0 Å². The molecule has 0 aromatic carbocycles. The zero-order valence-corrected chi connectivity index (χ0v) is 8.02. The Kier molecular flexibility index (Phi) is 3.41. The van der Waals surface area contributed by atoms with Crippen molar-refractivity contribution < 1.29 is 18.7 Å². The summed E-state index contributed by atoms with van der Waals surface area (Å²) >= 11 is 5.33. The van der Waals surface area contributed by atoms with Crippen LogP contribution in [0.25, 0.3) is 0 Å². The van der Waals surface area contributed by atoms with E-state index in [4.69, 9.17) is 16.7 Å². The van der Waals surface area contributed by atoms with Gasteiger partial charge < -0.3 is 10.1 Å². The molecule has 1 aromatic heterocycles. The molecule has 0 amide bonds. The normalized spacial score (nSPS) is 10.7. The molecule has 0 aliphatic rings. The molecule has 0 saturated carbocycles. The van der Waals surface area contributed by atoms with Gasteiger partial charge in [-0.2, -0.15) is 0 Å². The molecule has 0 fully saturated rings. The van der Waals surface area contributed by atoms with Crippen LogP contribution < -0.4 is 5.43 Å². The number of pyridine rings is 1. The third-order valence-electron chi connectivity index (χ3n) is 1.77. The Morgan fingerprint density at radius 3 is 2.60 bits per heavy atom. The highest BCUT2D eigenvalue weighted by Gasteiger charge is 2.23. The van der Waals surface area contributed by atoms with Gasteiger partial charge in [-0.3, -0.25) is 4.79 Å². The molecule has 0 radical (unpaired) electrons. The Morgan fingerprint density at radius 1 is 1.60 bits per heavy atom. The third kappa shape index (κ3) is 2.15. The summed E-state index contributed by atoms with van der Waals surface area (Å²) in [6, 6.07) is 0.